The van der Waals surface area contributed by atoms with Crippen molar-refractivity contribution in [2.24, 2.45) is 0 Å². The zero-order valence-corrected chi connectivity index (χ0v) is 8.57. The lowest BCUT2D eigenvalue weighted by Crippen LogP contribution is -2.14. The van der Waals surface area contributed by atoms with Crippen molar-refractivity contribution in [3.63, 3.8) is 0 Å². The van der Waals surface area contributed by atoms with E-state index in [-0.39, 0.29) is 0 Å². The third-order valence-electron chi connectivity index (χ3n) is 2.06. The lowest BCUT2D eigenvalue weighted by Gasteiger charge is -2.03. The van der Waals surface area contributed by atoms with Gasteiger partial charge in [-0.25, -0.2) is 4.79 Å². The molecule has 0 aliphatic carbocycles. The monoisotopic (exact) mass is 205 g/mol. The van der Waals surface area contributed by atoms with Crippen LogP contribution in [0.3, 0.4) is 0 Å². The van der Waals surface area contributed by atoms with Gasteiger partial charge in [0, 0.05) is 6.54 Å². The predicted octanol–water partition coefficient (Wildman–Crippen LogP) is 2.05. The summed E-state index contributed by atoms with van der Waals surface area (Å²) >= 11 is 0. The molecule has 1 rings (SSSR count). The van der Waals surface area contributed by atoms with Gasteiger partial charge in [-0.05, 0) is 30.7 Å². The second-order valence-corrected chi connectivity index (χ2v) is 3.26. The molecule has 0 fully saturated rings. The fraction of sp³-hybridized carbons (Fsp3) is 0.250. The highest BCUT2D eigenvalue weighted by Gasteiger charge is 2.00. The van der Waals surface area contributed by atoms with Crippen molar-refractivity contribution >= 4 is 5.97 Å². The average molecular weight is 205 g/mol. The number of aromatic carboxylic acids is 1. The molecular weight excluding hydrogens is 190 g/mol. The van der Waals surface area contributed by atoms with E-state index in [1.807, 2.05) is 18.2 Å². The summed E-state index contributed by atoms with van der Waals surface area (Å²) in [6.45, 7) is 5.28. The average Bonchev–Trinajstić information content (AvgIpc) is 2.25. The summed E-state index contributed by atoms with van der Waals surface area (Å²) < 4.78 is 0. The van der Waals surface area contributed by atoms with Crippen LogP contribution in [0.2, 0.25) is 0 Å². The van der Waals surface area contributed by atoms with Crippen LogP contribution in [0.1, 0.15) is 22.3 Å². The largest absolute Gasteiger partial charge is 0.478 e. The van der Waals surface area contributed by atoms with Crippen molar-refractivity contribution in [2.45, 2.75) is 13.0 Å². The van der Waals surface area contributed by atoms with Crippen molar-refractivity contribution in [1.29, 1.82) is 0 Å². The molecule has 0 spiro atoms. The number of hydrogen-bond donors (Lipinski definition) is 2. The van der Waals surface area contributed by atoms with Gasteiger partial charge in [-0.1, -0.05) is 18.2 Å². The molecule has 2 N–H and O–H groups in total. The summed E-state index contributed by atoms with van der Waals surface area (Å²) in [6.07, 6.45) is 2.80. The molecule has 0 radical (unpaired) electrons. The molecule has 15 heavy (non-hydrogen) atoms. The third kappa shape index (κ3) is 3.95. The van der Waals surface area contributed by atoms with Gasteiger partial charge in [-0.2, -0.15) is 0 Å². The summed E-state index contributed by atoms with van der Waals surface area (Å²) in [5.41, 5.74) is 1.41. The number of carboxylic acids is 1. The highest BCUT2D eigenvalue weighted by Crippen LogP contribution is 2.03. The molecule has 0 aliphatic heterocycles. The minimum atomic E-state index is -0.888. The number of rotatable bonds is 6. The molecule has 0 amide bonds. The molecular formula is C12H15NO2. The van der Waals surface area contributed by atoms with Gasteiger partial charge in [0.25, 0.3) is 0 Å². The summed E-state index contributed by atoms with van der Waals surface area (Å²) in [6, 6.07) is 6.88. The van der Waals surface area contributed by atoms with E-state index in [9.17, 15) is 4.79 Å². The molecule has 0 atom stereocenters. The van der Waals surface area contributed by atoms with E-state index in [0.717, 1.165) is 25.1 Å². The summed E-state index contributed by atoms with van der Waals surface area (Å²) in [4.78, 5) is 10.6. The van der Waals surface area contributed by atoms with Crippen LogP contribution in [0.4, 0.5) is 0 Å². The van der Waals surface area contributed by atoms with Gasteiger partial charge in [0.2, 0.25) is 0 Å². The highest BCUT2D eigenvalue weighted by atomic mass is 16.4. The summed E-state index contributed by atoms with van der Waals surface area (Å²) in [7, 11) is 0. The second kappa shape index (κ2) is 5.98. The van der Waals surface area contributed by atoms with Crippen molar-refractivity contribution < 1.29 is 9.90 Å². The van der Waals surface area contributed by atoms with Crippen LogP contribution in [-0.4, -0.2) is 17.6 Å². The van der Waals surface area contributed by atoms with Gasteiger partial charge in [0.05, 0.1) is 5.56 Å². The predicted molar refractivity (Wildman–Crippen MR) is 59.9 cm³/mol. The van der Waals surface area contributed by atoms with Crippen molar-refractivity contribution in [1.82, 2.24) is 5.32 Å². The van der Waals surface area contributed by atoms with Gasteiger partial charge in [0.15, 0.2) is 0 Å². The fourth-order valence-corrected chi connectivity index (χ4v) is 1.20. The maximum absolute atomic E-state index is 10.6. The Morgan fingerprint density at radius 2 is 2.07 bits per heavy atom. The Morgan fingerprint density at radius 3 is 2.60 bits per heavy atom. The molecule has 0 saturated heterocycles. The number of carboxylic acid groups (broad SMARTS) is 1. The highest BCUT2D eigenvalue weighted by molar-refractivity contribution is 5.87. The minimum Gasteiger partial charge on any atom is -0.478 e. The van der Waals surface area contributed by atoms with Crippen LogP contribution >= 0.6 is 0 Å². The third-order valence-corrected chi connectivity index (χ3v) is 2.06. The maximum atomic E-state index is 10.6. The van der Waals surface area contributed by atoms with E-state index in [1.165, 1.54) is 0 Å². The lowest BCUT2D eigenvalue weighted by atomic mass is 10.1. The molecule has 3 heteroatoms. The number of benzene rings is 1. The maximum Gasteiger partial charge on any atom is 0.335 e. The van der Waals surface area contributed by atoms with E-state index < -0.39 is 5.97 Å². The Morgan fingerprint density at radius 1 is 1.40 bits per heavy atom. The molecule has 0 aliphatic rings. The van der Waals surface area contributed by atoms with Gasteiger partial charge < -0.3 is 10.4 Å². The van der Waals surface area contributed by atoms with E-state index in [2.05, 4.69) is 11.9 Å². The lowest BCUT2D eigenvalue weighted by molar-refractivity contribution is 0.0697. The van der Waals surface area contributed by atoms with Gasteiger partial charge in [0.1, 0.15) is 0 Å². The molecule has 0 saturated carbocycles. The van der Waals surface area contributed by atoms with Gasteiger partial charge in [-0.3, -0.25) is 0 Å². The summed E-state index contributed by atoms with van der Waals surface area (Å²) in [5, 5.41) is 11.9. The Labute approximate surface area is 89.4 Å². The molecule has 1 aromatic rings. The zero-order valence-electron chi connectivity index (χ0n) is 8.57. The van der Waals surface area contributed by atoms with Crippen LogP contribution in [-0.2, 0) is 6.54 Å². The molecule has 0 aromatic heterocycles. The minimum absolute atomic E-state index is 0.324. The number of hydrogen-bond acceptors (Lipinski definition) is 2. The molecule has 3 nitrogen and oxygen atoms in total. The quantitative estimate of drug-likeness (QED) is 0.552. The smallest absolute Gasteiger partial charge is 0.335 e. The first kappa shape index (κ1) is 11.5. The van der Waals surface area contributed by atoms with Crippen LogP contribution in [0.15, 0.2) is 36.9 Å². The van der Waals surface area contributed by atoms with Gasteiger partial charge in [-0.15, -0.1) is 6.58 Å². The van der Waals surface area contributed by atoms with Crippen molar-refractivity contribution in [3.8, 4) is 0 Å². The van der Waals surface area contributed by atoms with E-state index in [1.54, 1.807) is 12.1 Å². The molecule has 0 bridgehead atoms. The van der Waals surface area contributed by atoms with Crippen LogP contribution in [0.25, 0.3) is 0 Å². The van der Waals surface area contributed by atoms with E-state index >= 15 is 0 Å². The van der Waals surface area contributed by atoms with Gasteiger partial charge >= 0.3 is 5.97 Å². The Kier molecular flexibility index (Phi) is 4.57. The Bertz CT molecular complexity index is 330. The Hall–Kier alpha value is -1.61. The van der Waals surface area contributed by atoms with Crippen molar-refractivity contribution in [2.75, 3.05) is 6.54 Å². The molecule has 1 aromatic carbocycles. The fourth-order valence-electron chi connectivity index (χ4n) is 1.20. The SMILES string of the molecule is C=CCCNCc1ccc(C(=O)O)cc1. The number of nitrogens with one attached hydrogen (secondary N) is 1. The summed E-state index contributed by atoms with van der Waals surface area (Å²) in [5.74, 6) is -0.888. The zero-order chi connectivity index (χ0) is 11.1. The van der Waals surface area contributed by atoms with E-state index in [0.29, 0.717) is 5.56 Å². The topological polar surface area (TPSA) is 49.3 Å². The van der Waals surface area contributed by atoms with Crippen LogP contribution in [0, 0.1) is 0 Å². The standard InChI is InChI=1S/C12H15NO2/c1-2-3-8-13-9-10-4-6-11(7-5-10)12(14)15/h2,4-7,13H,1,3,8-9H2,(H,14,15). The Balaban J connectivity index is 2.42. The first-order valence-electron chi connectivity index (χ1n) is 4.88. The number of carbonyl (C=O) groups is 1. The first-order chi connectivity index (χ1) is 7.24. The van der Waals surface area contributed by atoms with Crippen LogP contribution < -0.4 is 5.32 Å². The normalized spacial score (nSPS) is 9.87. The van der Waals surface area contributed by atoms with E-state index in [4.69, 9.17) is 5.11 Å². The molecule has 0 unspecified atom stereocenters. The molecule has 0 heterocycles. The second-order valence-electron chi connectivity index (χ2n) is 3.26. The van der Waals surface area contributed by atoms with Crippen molar-refractivity contribution in [3.05, 3.63) is 48.0 Å². The van der Waals surface area contributed by atoms with Crippen LogP contribution in [0.5, 0.6) is 0 Å². The molecule has 80 valence electrons. The first-order valence-corrected chi connectivity index (χ1v) is 4.88.